The van der Waals surface area contributed by atoms with Crippen molar-refractivity contribution in [2.75, 3.05) is 13.1 Å². The third-order valence-corrected chi connectivity index (χ3v) is 3.95. The van der Waals surface area contributed by atoms with Crippen LogP contribution in [0, 0.1) is 0 Å². The zero-order valence-electron chi connectivity index (χ0n) is 12.7. The summed E-state index contributed by atoms with van der Waals surface area (Å²) in [5.41, 5.74) is 0.223. The molecular weight excluding hydrogens is 254 g/mol. The number of carbonyl (C=O) groups excluding carboxylic acids is 2. The summed E-state index contributed by atoms with van der Waals surface area (Å²) < 4.78 is 0. The van der Waals surface area contributed by atoms with E-state index < -0.39 is 5.54 Å². The molecule has 0 aromatic carbocycles. The highest BCUT2D eigenvalue weighted by Gasteiger charge is 2.52. The van der Waals surface area contributed by atoms with Crippen LogP contribution in [0.2, 0.25) is 0 Å². The van der Waals surface area contributed by atoms with Crippen LogP contribution < -0.4 is 10.6 Å². The third-order valence-electron chi connectivity index (χ3n) is 3.95. The molecule has 5 heteroatoms. The molecule has 0 unspecified atom stereocenters. The summed E-state index contributed by atoms with van der Waals surface area (Å²) in [6.45, 7) is 11.1. The molecule has 2 fully saturated rings. The molecule has 0 bridgehead atoms. The number of amides is 3. The zero-order chi connectivity index (χ0) is 15.0. The van der Waals surface area contributed by atoms with Gasteiger partial charge in [-0.05, 0) is 39.2 Å². The van der Waals surface area contributed by atoms with Gasteiger partial charge in [0.25, 0.3) is 5.91 Å². The van der Waals surface area contributed by atoms with Gasteiger partial charge in [-0.15, -0.1) is 0 Å². The molecule has 2 aliphatic rings. The summed E-state index contributed by atoms with van der Waals surface area (Å²) in [6.07, 6.45) is 3.54. The van der Waals surface area contributed by atoms with Gasteiger partial charge in [-0.25, -0.2) is 4.79 Å². The van der Waals surface area contributed by atoms with Gasteiger partial charge in [0.05, 0.1) is 6.54 Å². The molecule has 112 valence electrons. The number of nitrogens with one attached hydrogen (secondary N) is 2. The number of rotatable bonds is 4. The van der Waals surface area contributed by atoms with Crippen LogP contribution in [0.3, 0.4) is 0 Å². The number of hydrogen-bond donors (Lipinski definition) is 2. The van der Waals surface area contributed by atoms with E-state index in [0.717, 1.165) is 31.3 Å². The van der Waals surface area contributed by atoms with Crippen molar-refractivity contribution < 1.29 is 9.59 Å². The predicted molar refractivity (Wildman–Crippen MR) is 78.3 cm³/mol. The lowest BCUT2D eigenvalue weighted by atomic mass is 9.98. The van der Waals surface area contributed by atoms with E-state index in [-0.39, 0.29) is 17.5 Å². The Hall–Kier alpha value is -1.36. The van der Waals surface area contributed by atoms with Gasteiger partial charge in [-0.2, -0.15) is 0 Å². The SMILES string of the molecule is C=C(CNC(C)(C)C)CN1C(=O)NC2(CCCC2)C1=O. The maximum Gasteiger partial charge on any atom is 0.325 e. The lowest BCUT2D eigenvalue weighted by Gasteiger charge is -2.23. The summed E-state index contributed by atoms with van der Waals surface area (Å²) in [5.74, 6) is -0.0723. The number of hydrogen-bond acceptors (Lipinski definition) is 3. The third kappa shape index (κ3) is 3.03. The Bertz CT molecular complexity index is 431. The Morgan fingerprint density at radius 3 is 2.50 bits per heavy atom. The second-order valence-corrected chi connectivity index (χ2v) is 6.96. The summed E-state index contributed by atoms with van der Waals surface area (Å²) >= 11 is 0. The quantitative estimate of drug-likeness (QED) is 0.609. The summed E-state index contributed by atoms with van der Waals surface area (Å²) in [7, 11) is 0. The van der Waals surface area contributed by atoms with Crippen LogP contribution in [-0.2, 0) is 4.79 Å². The molecule has 1 saturated heterocycles. The van der Waals surface area contributed by atoms with Crippen molar-refractivity contribution in [3.63, 3.8) is 0 Å². The predicted octanol–water partition coefficient (Wildman–Crippen LogP) is 1.80. The van der Waals surface area contributed by atoms with Crippen molar-refractivity contribution in [3.05, 3.63) is 12.2 Å². The van der Waals surface area contributed by atoms with E-state index in [1.165, 1.54) is 4.90 Å². The normalized spacial score (nSPS) is 21.6. The fourth-order valence-corrected chi connectivity index (χ4v) is 2.81. The highest BCUT2D eigenvalue weighted by molar-refractivity contribution is 6.07. The molecule has 1 heterocycles. The zero-order valence-corrected chi connectivity index (χ0v) is 12.7. The van der Waals surface area contributed by atoms with Crippen LogP contribution in [0.1, 0.15) is 46.5 Å². The lowest BCUT2D eigenvalue weighted by molar-refractivity contribution is -0.130. The largest absolute Gasteiger partial charge is 0.325 e. The Morgan fingerprint density at radius 1 is 1.35 bits per heavy atom. The molecule has 2 rings (SSSR count). The number of urea groups is 1. The van der Waals surface area contributed by atoms with Crippen LogP contribution in [-0.4, -0.2) is 41.0 Å². The van der Waals surface area contributed by atoms with Crippen molar-refractivity contribution >= 4 is 11.9 Å². The average Bonchev–Trinajstić information content (AvgIpc) is 2.88. The van der Waals surface area contributed by atoms with E-state index in [4.69, 9.17) is 0 Å². The molecule has 1 spiro atoms. The molecule has 0 aromatic heterocycles. The maximum absolute atomic E-state index is 12.5. The van der Waals surface area contributed by atoms with Crippen LogP contribution >= 0.6 is 0 Å². The number of nitrogens with zero attached hydrogens (tertiary/aromatic N) is 1. The Kier molecular flexibility index (Phi) is 3.91. The fourth-order valence-electron chi connectivity index (χ4n) is 2.81. The molecule has 2 N–H and O–H groups in total. The molecule has 20 heavy (non-hydrogen) atoms. The van der Waals surface area contributed by atoms with Gasteiger partial charge < -0.3 is 10.6 Å². The van der Waals surface area contributed by atoms with Crippen LogP contribution in [0.5, 0.6) is 0 Å². The Labute approximate surface area is 120 Å². The first-order valence-electron chi connectivity index (χ1n) is 7.29. The molecule has 1 aliphatic heterocycles. The van der Waals surface area contributed by atoms with E-state index in [2.05, 4.69) is 38.0 Å². The highest BCUT2D eigenvalue weighted by atomic mass is 16.2. The summed E-state index contributed by atoms with van der Waals surface area (Å²) in [5, 5.41) is 6.20. The van der Waals surface area contributed by atoms with Gasteiger partial charge in [0.15, 0.2) is 0 Å². The van der Waals surface area contributed by atoms with Crippen molar-refractivity contribution in [1.29, 1.82) is 0 Å². The van der Waals surface area contributed by atoms with Gasteiger partial charge in [-0.1, -0.05) is 19.4 Å². The van der Waals surface area contributed by atoms with Crippen molar-refractivity contribution in [2.45, 2.75) is 57.5 Å². The summed E-state index contributed by atoms with van der Waals surface area (Å²) in [6, 6.07) is -0.270. The molecule has 3 amide bonds. The first-order valence-corrected chi connectivity index (χ1v) is 7.29. The molecular formula is C15H25N3O2. The van der Waals surface area contributed by atoms with E-state index in [1.54, 1.807) is 0 Å². The fraction of sp³-hybridized carbons (Fsp3) is 0.733. The summed E-state index contributed by atoms with van der Waals surface area (Å²) in [4.78, 5) is 25.8. The van der Waals surface area contributed by atoms with E-state index in [0.29, 0.717) is 13.1 Å². The average molecular weight is 279 g/mol. The molecule has 0 atom stereocenters. The van der Waals surface area contributed by atoms with Crippen molar-refractivity contribution in [3.8, 4) is 0 Å². The highest BCUT2D eigenvalue weighted by Crippen LogP contribution is 2.35. The smallest absolute Gasteiger partial charge is 0.323 e. The van der Waals surface area contributed by atoms with Crippen LogP contribution in [0.15, 0.2) is 12.2 Å². The number of carbonyl (C=O) groups is 2. The van der Waals surface area contributed by atoms with Gasteiger partial charge in [0.1, 0.15) is 5.54 Å². The van der Waals surface area contributed by atoms with E-state index in [9.17, 15) is 9.59 Å². The Balaban J connectivity index is 1.94. The second kappa shape index (κ2) is 5.20. The van der Waals surface area contributed by atoms with E-state index >= 15 is 0 Å². The van der Waals surface area contributed by atoms with Gasteiger partial charge in [0.2, 0.25) is 0 Å². The van der Waals surface area contributed by atoms with Crippen LogP contribution in [0.4, 0.5) is 4.79 Å². The lowest BCUT2D eigenvalue weighted by Crippen LogP contribution is -2.44. The monoisotopic (exact) mass is 279 g/mol. The second-order valence-electron chi connectivity index (χ2n) is 6.96. The van der Waals surface area contributed by atoms with Gasteiger partial charge >= 0.3 is 6.03 Å². The van der Waals surface area contributed by atoms with Gasteiger partial charge in [0, 0.05) is 12.1 Å². The first-order chi connectivity index (χ1) is 9.23. The minimum atomic E-state index is -0.616. The standard InChI is InChI=1S/C15H25N3O2/c1-11(9-16-14(2,3)4)10-18-12(19)15(17-13(18)20)7-5-6-8-15/h16H,1,5-10H2,2-4H3,(H,17,20). The minimum Gasteiger partial charge on any atom is -0.323 e. The minimum absolute atomic E-state index is 0.00705. The molecule has 0 aromatic rings. The van der Waals surface area contributed by atoms with Crippen molar-refractivity contribution in [1.82, 2.24) is 15.5 Å². The van der Waals surface area contributed by atoms with E-state index in [1.807, 2.05) is 0 Å². The van der Waals surface area contributed by atoms with Gasteiger partial charge in [-0.3, -0.25) is 9.69 Å². The maximum atomic E-state index is 12.5. The first kappa shape index (κ1) is 15.0. The molecule has 1 aliphatic carbocycles. The Morgan fingerprint density at radius 2 is 1.95 bits per heavy atom. The van der Waals surface area contributed by atoms with Crippen molar-refractivity contribution in [2.24, 2.45) is 0 Å². The molecule has 0 radical (unpaired) electrons. The van der Waals surface area contributed by atoms with Crippen LogP contribution in [0.25, 0.3) is 0 Å². The molecule has 1 saturated carbocycles. The topological polar surface area (TPSA) is 61.4 Å². The molecule has 5 nitrogen and oxygen atoms in total. The number of imide groups is 1.